The number of hydrogen-bond acceptors (Lipinski definition) is 8. The SMILES string of the molecule is COc1ccc(CN2C(=O)CCC(n3c(=O)n(C)c4cc(OCCOCCOCC=O)ccc43)C2=O)cc1. The number of imidazole rings is 1. The third kappa shape index (κ3) is 5.95. The Morgan fingerprint density at radius 1 is 0.921 bits per heavy atom. The first-order valence-electron chi connectivity index (χ1n) is 12.3. The number of aryl methyl sites for hydroxylation is 1. The highest BCUT2D eigenvalue weighted by atomic mass is 16.5. The molecule has 0 aliphatic carbocycles. The topological polar surface area (TPSA) is 118 Å². The van der Waals surface area contributed by atoms with E-state index in [2.05, 4.69) is 0 Å². The first-order chi connectivity index (χ1) is 18.4. The van der Waals surface area contributed by atoms with Crippen LogP contribution < -0.4 is 15.2 Å². The quantitative estimate of drug-likeness (QED) is 0.189. The molecule has 0 saturated carbocycles. The van der Waals surface area contributed by atoms with Gasteiger partial charge in [0.2, 0.25) is 5.91 Å². The van der Waals surface area contributed by atoms with E-state index in [4.69, 9.17) is 18.9 Å². The summed E-state index contributed by atoms with van der Waals surface area (Å²) in [5, 5.41) is 0. The lowest BCUT2D eigenvalue weighted by Crippen LogP contribution is -2.47. The second-order valence-electron chi connectivity index (χ2n) is 8.79. The van der Waals surface area contributed by atoms with Crippen LogP contribution >= 0.6 is 0 Å². The summed E-state index contributed by atoms with van der Waals surface area (Å²) in [6.45, 7) is 1.46. The molecule has 2 amide bonds. The van der Waals surface area contributed by atoms with E-state index in [1.807, 2.05) is 0 Å². The number of rotatable bonds is 13. The molecule has 1 atom stereocenters. The first kappa shape index (κ1) is 27.1. The molecule has 1 unspecified atom stereocenters. The summed E-state index contributed by atoms with van der Waals surface area (Å²) in [6.07, 6.45) is 1.10. The summed E-state index contributed by atoms with van der Waals surface area (Å²) >= 11 is 0. The van der Waals surface area contributed by atoms with Crippen LogP contribution in [0.3, 0.4) is 0 Å². The highest BCUT2D eigenvalue weighted by Crippen LogP contribution is 2.29. The van der Waals surface area contributed by atoms with Crippen LogP contribution in [-0.4, -0.2) is 72.3 Å². The summed E-state index contributed by atoms with van der Waals surface area (Å²) in [4.78, 5) is 50.8. The van der Waals surface area contributed by atoms with Crippen LogP contribution in [0.2, 0.25) is 0 Å². The zero-order valence-corrected chi connectivity index (χ0v) is 21.5. The Morgan fingerprint density at radius 3 is 2.37 bits per heavy atom. The van der Waals surface area contributed by atoms with Crippen LogP contribution in [-0.2, 0) is 37.4 Å². The number of methoxy groups -OCH3 is 1. The average molecular weight is 526 g/mol. The number of carbonyl (C=O) groups is 3. The number of carbonyl (C=O) groups excluding carboxylic acids is 3. The lowest BCUT2D eigenvalue weighted by atomic mass is 10.0. The molecule has 4 rings (SSSR count). The fraction of sp³-hybridized carbons (Fsp3) is 0.407. The number of ether oxygens (including phenoxy) is 4. The molecular weight excluding hydrogens is 494 g/mol. The second kappa shape index (κ2) is 12.5. The molecule has 1 aliphatic heterocycles. The third-order valence-electron chi connectivity index (χ3n) is 6.41. The monoisotopic (exact) mass is 525 g/mol. The van der Waals surface area contributed by atoms with E-state index in [0.717, 1.165) is 5.56 Å². The summed E-state index contributed by atoms with van der Waals surface area (Å²) in [6, 6.07) is 11.6. The molecule has 3 aromatic rings. The van der Waals surface area contributed by atoms with Gasteiger partial charge in [0.05, 0.1) is 44.5 Å². The van der Waals surface area contributed by atoms with Gasteiger partial charge in [0.25, 0.3) is 5.91 Å². The summed E-state index contributed by atoms with van der Waals surface area (Å²) in [5.74, 6) is 0.573. The van der Waals surface area contributed by atoms with Crippen molar-refractivity contribution in [3.05, 3.63) is 58.5 Å². The van der Waals surface area contributed by atoms with Crippen LogP contribution in [0.1, 0.15) is 24.4 Å². The van der Waals surface area contributed by atoms with Gasteiger partial charge < -0.3 is 23.7 Å². The van der Waals surface area contributed by atoms with Gasteiger partial charge in [0.15, 0.2) is 0 Å². The average Bonchev–Trinajstić information content (AvgIpc) is 3.17. The van der Waals surface area contributed by atoms with Gasteiger partial charge in [-0.25, -0.2) is 4.79 Å². The largest absolute Gasteiger partial charge is 0.497 e. The van der Waals surface area contributed by atoms with Crippen LogP contribution in [0.4, 0.5) is 0 Å². The minimum atomic E-state index is -0.788. The predicted octanol–water partition coefficient (Wildman–Crippen LogP) is 1.85. The van der Waals surface area contributed by atoms with E-state index in [9.17, 15) is 19.2 Å². The van der Waals surface area contributed by atoms with Gasteiger partial charge in [0.1, 0.15) is 37.0 Å². The van der Waals surface area contributed by atoms with Gasteiger partial charge in [-0.15, -0.1) is 0 Å². The lowest BCUT2D eigenvalue weighted by molar-refractivity contribution is -0.151. The number of likely N-dealkylation sites (tertiary alicyclic amines) is 1. The minimum absolute atomic E-state index is 0.0434. The van der Waals surface area contributed by atoms with Gasteiger partial charge >= 0.3 is 5.69 Å². The van der Waals surface area contributed by atoms with Crippen molar-refractivity contribution in [3.8, 4) is 11.5 Å². The fourth-order valence-corrected chi connectivity index (χ4v) is 4.44. The molecule has 202 valence electrons. The number of benzene rings is 2. The Bertz CT molecular complexity index is 1340. The standard InChI is InChI=1S/C27H31N3O8/c1-28-24-17-21(38-16-15-37-14-13-36-12-11-31)7-8-22(24)30(27(28)34)23-9-10-25(32)29(26(23)33)18-19-3-5-20(35-2)6-4-19/h3-8,11,17,23H,9-10,12-16,18H2,1-2H3. The molecule has 2 aromatic carbocycles. The zero-order chi connectivity index (χ0) is 27.1. The van der Waals surface area contributed by atoms with E-state index in [-0.39, 0.29) is 44.2 Å². The molecule has 0 spiro atoms. The van der Waals surface area contributed by atoms with Gasteiger partial charge in [-0.1, -0.05) is 12.1 Å². The lowest BCUT2D eigenvalue weighted by Gasteiger charge is -2.31. The van der Waals surface area contributed by atoms with Crippen molar-refractivity contribution >= 4 is 29.1 Å². The van der Waals surface area contributed by atoms with Crippen LogP contribution in [0, 0.1) is 0 Å². The predicted molar refractivity (Wildman–Crippen MR) is 137 cm³/mol. The van der Waals surface area contributed by atoms with Crippen molar-refractivity contribution in [2.24, 2.45) is 7.05 Å². The Morgan fingerprint density at radius 2 is 1.63 bits per heavy atom. The summed E-state index contributed by atoms with van der Waals surface area (Å²) in [7, 11) is 3.21. The molecule has 11 heteroatoms. The Kier molecular flexibility index (Phi) is 8.93. The van der Waals surface area contributed by atoms with Crippen molar-refractivity contribution in [1.82, 2.24) is 14.0 Å². The van der Waals surface area contributed by atoms with E-state index in [1.54, 1.807) is 56.6 Å². The number of aromatic nitrogens is 2. The summed E-state index contributed by atoms with van der Waals surface area (Å²) < 4.78 is 24.3. The number of imide groups is 1. The number of nitrogens with zero attached hydrogens (tertiary/aromatic N) is 3. The molecule has 38 heavy (non-hydrogen) atoms. The molecule has 1 saturated heterocycles. The van der Waals surface area contributed by atoms with Gasteiger partial charge in [0, 0.05) is 19.5 Å². The van der Waals surface area contributed by atoms with E-state index < -0.39 is 11.9 Å². The van der Waals surface area contributed by atoms with Gasteiger partial charge in [-0.2, -0.15) is 0 Å². The zero-order valence-electron chi connectivity index (χ0n) is 21.5. The van der Waals surface area contributed by atoms with Crippen LogP contribution in [0.5, 0.6) is 11.5 Å². The van der Waals surface area contributed by atoms with Gasteiger partial charge in [-0.3, -0.25) is 23.6 Å². The number of fused-ring (bicyclic) bond motifs is 1. The molecule has 0 N–H and O–H groups in total. The molecule has 1 aromatic heterocycles. The van der Waals surface area contributed by atoms with Crippen molar-refractivity contribution in [1.29, 1.82) is 0 Å². The first-order valence-corrected chi connectivity index (χ1v) is 12.3. The molecule has 0 radical (unpaired) electrons. The van der Waals surface area contributed by atoms with Crippen molar-refractivity contribution in [2.45, 2.75) is 25.4 Å². The van der Waals surface area contributed by atoms with Crippen LogP contribution in [0.15, 0.2) is 47.3 Å². The van der Waals surface area contributed by atoms with Gasteiger partial charge in [-0.05, 0) is 36.2 Å². The Hall–Kier alpha value is -3.96. The third-order valence-corrected chi connectivity index (χ3v) is 6.41. The maximum atomic E-state index is 13.5. The fourth-order valence-electron chi connectivity index (χ4n) is 4.44. The van der Waals surface area contributed by atoms with Crippen molar-refractivity contribution in [3.63, 3.8) is 0 Å². The van der Waals surface area contributed by atoms with Crippen LogP contribution in [0.25, 0.3) is 11.0 Å². The number of hydrogen-bond donors (Lipinski definition) is 0. The van der Waals surface area contributed by atoms with Crippen molar-refractivity contribution < 1.29 is 33.3 Å². The molecular formula is C27H31N3O8. The normalized spacial score (nSPS) is 15.7. The van der Waals surface area contributed by atoms with E-state index >= 15 is 0 Å². The highest BCUT2D eigenvalue weighted by molar-refractivity contribution is 6.00. The molecule has 1 fully saturated rings. The number of aldehydes is 1. The van der Waals surface area contributed by atoms with E-state index in [0.29, 0.717) is 48.6 Å². The minimum Gasteiger partial charge on any atom is -0.497 e. The molecule has 11 nitrogen and oxygen atoms in total. The molecule has 1 aliphatic rings. The smallest absolute Gasteiger partial charge is 0.329 e. The molecule has 2 heterocycles. The van der Waals surface area contributed by atoms with E-state index in [1.165, 1.54) is 14.0 Å². The molecule has 0 bridgehead atoms. The summed E-state index contributed by atoms with van der Waals surface area (Å²) in [5.41, 5.74) is 1.65. The van der Waals surface area contributed by atoms with Crippen molar-refractivity contribution in [2.75, 3.05) is 40.1 Å². The maximum absolute atomic E-state index is 13.5. The highest BCUT2D eigenvalue weighted by Gasteiger charge is 2.37. The Balaban J connectivity index is 1.47. The number of amides is 2. The Labute approximate surface area is 219 Å². The number of piperidine rings is 1. The second-order valence-corrected chi connectivity index (χ2v) is 8.79. The maximum Gasteiger partial charge on any atom is 0.329 e.